The van der Waals surface area contributed by atoms with Crippen LogP contribution in [0.25, 0.3) is 0 Å². The molecule has 2 aliphatic heterocycles. The van der Waals surface area contributed by atoms with Gasteiger partial charge in [0.15, 0.2) is 0 Å². The van der Waals surface area contributed by atoms with Gasteiger partial charge in [-0.1, -0.05) is 49.5 Å². The first-order chi connectivity index (χ1) is 11.3. The van der Waals surface area contributed by atoms with E-state index in [-0.39, 0.29) is 24.3 Å². The van der Waals surface area contributed by atoms with Crippen LogP contribution in [-0.4, -0.2) is 24.3 Å². The van der Waals surface area contributed by atoms with Crippen molar-refractivity contribution in [2.75, 3.05) is 0 Å². The van der Waals surface area contributed by atoms with Crippen molar-refractivity contribution in [2.24, 2.45) is 0 Å². The minimum Gasteiger partial charge on any atom is -0.458 e. The largest absolute Gasteiger partial charge is 0.458 e. The molecule has 0 bridgehead atoms. The molecule has 1 fully saturated rings. The highest BCUT2D eigenvalue weighted by Crippen LogP contribution is 2.27. The maximum absolute atomic E-state index is 11.6. The van der Waals surface area contributed by atoms with Crippen LogP contribution in [-0.2, 0) is 14.3 Å². The van der Waals surface area contributed by atoms with Gasteiger partial charge < -0.3 is 9.47 Å². The summed E-state index contributed by atoms with van der Waals surface area (Å²) < 4.78 is 11.1. The molecule has 2 heterocycles. The molecule has 2 rings (SSSR count). The van der Waals surface area contributed by atoms with E-state index in [0.29, 0.717) is 6.42 Å². The Balaban J connectivity index is 1.69. The smallest absolute Gasteiger partial charge is 0.306 e. The average Bonchev–Trinajstić information content (AvgIpc) is 3.27. The monoisotopic (exact) mass is 316 g/mol. The van der Waals surface area contributed by atoms with Crippen LogP contribution in [0.1, 0.15) is 51.9 Å². The van der Waals surface area contributed by atoms with Crippen molar-refractivity contribution in [2.45, 2.75) is 70.2 Å². The van der Waals surface area contributed by atoms with Crippen molar-refractivity contribution in [1.29, 1.82) is 0 Å². The van der Waals surface area contributed by atoms with Gasteiger partial charge in [-0.15, -0.1) is 0 Å². The van der Waals surface area contributed by atoms with Crippen LogP contribution in [0.4, 0.5) is 0 Å². The van der Waals surface area contributed by atoms with Crippen molar-refractivity contribution in [3.8, 4) is 0 Å². The first-order valence-corrected chi connectivity index (χ1v) is 8.78. The van der Waals surface area contributed by atoms with Gasteiger partial charge in [-0.05, 0) is 38.2 Å². The van der Waals surface area contributed by atoms with E-state index < -0.39 is 0 Å². The first kappa shape index (κ1) is 17.7. The Bertz CT molecular complexity index is 473. The Morgan fingerprint density at radius 2 is 2.04 bits per heavy atom. The van der Waals surface area contributed by atoms with Gasteiger partial charge in [0.1, 0.15) is 12.2 Å². The minimum atomic E-state index is -0.156. The molecule has 0 saturated carbocycles. The second-order valence-electron chi connectivity index (χ2n) is 5.97. The molecule has 1 saturated heterocycles. The Morgan fingerprint density at radius 1 is 1.17 bits per heavy atom. The molecule has 0 radical (unpaired) electrons. The van der Waals surface area contributed by atoms with E-state index in [9.17, 15) is 4.79 Å². The first-order valence-electron chi connectivity index (χ1n) is 8.78. The Hall–Kier alpha value is -1.61. The molecule has 126 valence electrons. The Kier molecular flexibility index (Phi) is 7.88. The van der Waals surface area contributed by atoms with E-state index >= 15 is 0 Å². The second-order valence-corrected chi connectivity index (χ2v) is 5.97. The predicted octanol–water partition coefficient (Wildman–Crippen LogP) is 4.65. The number of cyclic esters (lactones) is 1. The van der Waals surface area contributed by atoms with Gasteiger partial charge in [0.2, 0.25) is 0 Å². The summed E-state index contributed by atoms with van der Waals surface area (Å²) in [6.45, 7) is 2.14. The topological polar surface area (TPSA) is 38.8 Å². The van der Waals surface area contributed by atoms with Crippen molar-refractivity contribution in [3.05, 3.63) is 48.6 Å². The summed E-state index contributed by atoms with van der Waals surface area (Å²) in [4.78, 5) is 11.6. The number of hydrogen-bond donors (Lipinski definition) is 0. The molecule has 23 heavy (non-hydrogen) atoms. The fourth-order valence-corrected chi connectivity index (χ4v) is 2.52. The van der Waals surface area contributed by atoms with Crippen molar-refractivity contribution >= 4 is 5.97 Å². The van der Waals surface area contributed by atoms with E-state index in [4.69, 9.17) is 9.47 Å². The number of hydrogen-bond acceptors (Lipinski definition) is 3. The highest BCUT2D eigenvalue weighted by Gasteiger charge is 2.35. The van der Waals surface area contributed by atoms with Crippen molar-refractivity contribution in [3.63, 3.8) is 0 Å². The Morgan fingerprint density at radius 3 is 2.91 bits per heavy atom. The standard InChI is InChI=1S/C20H28O3/c1-2-3-4-5-6-10-13-18-19(23-18)16-15-17-12-9-7-8-11-14-20(21)22-17/h3-4,6-7,9-10,15-19H,2,5,8,11-14H2,1H3/b4-3-,9-7-,10-6-,16-15+/t17-,18-,19+/m1/s1. The SMILES string of the molecule is CC/C=C\C/C=C\C[C@H]1O[C@H]1/C=C/[C@H]1C/C=C\CCCC(=O)O1. The van der Waals surface area contributed by atoms with Crippen LogP contribution in [0, 0.1) is 0 Å². The maximum atomic E-state index is 11.6. The summed E-state index contributed by atoms with van der Waals surface area (Å²) in [6.07, 6.45) is 23.4. The van der Waals surface area contributed by atoms with Gasteiger partial charge >= 0.3 is 5.97 Å². The number of carbonyl (C=O) groups is 1. The lowest BCUT2D eigenvalue weighted by molar-refractivity contribution is -0.146. The van der Waals surface area contributed by atoms with E-state index in [2.05, 4.69) is 43.4 Å². The summed E-state index contributed by atoms with van der Waals surface area (Å²) in [5.74, 6) is -0.0975. The van der Waals surface area contributed by atoms with Crippen LogP contribution < -0.4 is 0 Å². The number of ether oxygens (including phenoxy) is 2. The zero-order valence-corrected chi connectivity index (χ0v) is 14.0. The van der Waals surface area contributed by atoms with Gasteiger partial charge in [-0.2, -0.15) is 0 Å². The van der Waals surface area contributed by atoms with E-state index in [1.54, 1.807) is 0 Å². The molecule has 3 atom stereocenters. The average molecular weight is 316 g/mol. The molecule has 0 unspecified atom stereocenters. The third kappa shape index (κ3) is 7.47. The highest BCUT2D eigenvalue weighted by molar-refractivity contribution is 5.69. The molecule has 0 aromatic rings. The van der Waals surface area contributed by atoms with Gasteiger partial charge in [0.25, 0.3) is 0 Å². The lowest BCUT2D eigenvalue weighted by Crippen LogP contribution is -2.15. The van der Waals surface area contributed by atoms with Crippen LogP contribution in [0.3, 0.4) is 0 Å². The molecule has 2 aliphatic rings. The van der Waals surface area contributed by atoms with Crippen LogP contribution >= 0.6 is 0 Å². The van der Waals surface area contributed by atoms with Gasteiger partial charge in [0.05, 0.1) is 6.10 Å². The lowest BCUT2D eigenvalue weighted by atomic mass is 10.1. The third-order valence-corrected chi connectivity index (χ3v) is 3.92. The van der Waals surface area contributed by atoms with E-state index in [1.165, 1.54) is 0 Å². The normalized spacial score (nSPS) is 30.3. The number of esters is 1. The van der Waals surface area contributed by atoms with E-state index in [1.807, 2.05) is 12.2 Å². The fraction of sp³-hybridized carbons (Fsp3) is 0.550. The summed E-state index contributed by atoms with van der Waals surface area (Å²) >= 11 is 0. The summed E-state index contributed by atoms with van der Waals surface area (Å²) in [5.41, 5.74) is 0. The quantitative estimate of drug-likeness (QED) is 0.390. The number of epoxide rings is 1. The number of carbonyl (C=O) groups excluding carboxylic acids is 1. The lowest BCUT2D eigenvalue weighted by Gasteiger charge is -2.11. The van der Waals surface area contributed by atoms with Gasteiger partial charge in [0, 0.05) is 12.8 Å². The summed E-state index contributed by atoms with van der Waals surface area (Å²) in [6, 6.07) is 0. The molecular weight excluding hydrogens is 288 g/mol. The molecule has 0 spiro atoms. The zero-order chi connectivity index (χ0) is 16.3. The minimum absolute atomic E-state index is 0.0975. The molecule has 3 heteroatoms. The van der Waals surface area contributed by atoms with Crippen LogP contribution in [0.15, 0.2) is 48.6 Å². The molecule has 0 aliphatic carbocycles. The van der Waals surface area contributed by atoms with E-state index in [0.717, 1.165) is 38.5 Å². The molecule has 0 aromatic carbocycles. The summed E-state index contributed by atoms with van der Waals surface area (Å²) in [7, 11) is 0. The molecule has 0 N–H and O–H groups in total. The Labute approximate surface area is 139 Å². The fourth-order valence-electron chi connectivity index (χ4n) is 2.52. The third-order valence-electron chi connectivity index (χ3n) is 3.92. The molecule has 0 amide bonds. The number of rotatable bonds is 7. The van der Waals surface area contributed by atoms with Crippen molar-refractivity contribution in [1.82, 2.24) is 0 Å². The zero-order valence-electron chi connectivity index (χ0n) is 14.0. The van der Waals surface area contributed by atoms with Gasteiger partial charge in [-0.3, -0.25) is 4.79 Å². The number of allylic oxidation sites excluding steroid dienone is 4. The highest BCUT2D eigenvalue weighted by atomic mass is 16.6. The van der Waals surface area contributed by atoms with Gasteiger partial charge in [-0.25, -0.2) is 0 Å². The predicted molar refractivity (Wildman–Crippen MR) is 93.1 cm³/mol. The van der Waals surface area contributed by atoms with Crippen LogP contribution in [0.2, 0.25) is 0 Å². The second kappa shape index (κ2) is 10.2. The summed E-state index contributed by atoms with van der Waals surface area (Å²) in [5, 5.41) is 0. The van der Waals surface area contributed by atoms with Crippen molar-refractivity contribution < 1.29 is 14.3 Å². The molecule has 0 aromatic heterocycles. The maximum Gasteiger partial charge on any atom is 0.306 e. The van der Waals surface area contributed by atoms with Crippen LogP contribution in [0.5, 0.6) is 0 Å². The molecule has 3 nitrogen and oxygen atoms in total. The molecular formula is C20H28O3.